The van der Waals surface area contributed by atoms with Gasteiger partial charge in [0.05, 0.1) is 29.0 Å². The molecular formula is C71H54N4O. The Labute approximate surface area is 442 Å². The van der Waals surface area contributed by atoms with E-state index in [1.54, 1.807) is 0 Å². The number of aromatic nitrogens is 1. The monoisotopic (exact) mass is 978 g/mol. The number of aliphatic imine (C=N–C) groups is 2. The summed E-state index contributed by atoms with van der Waals surface area (Å²) in [5.74, 6) is 0.632. The topological polar surface area (TPSA) is 46.0 Å². The number of hydrogen-bond acceptors (Lipinski definition) is 3. The number of hydrogen-bond donors (Lipinski definition) is 0. The van der Waals surface area contributed by atoms with E-state index in [0.717, 1.165) is 88.7 Å². The van der Waals surface area contributed by atoms with Crippen LogP contribution in [0.4, 0.5) is 5.69 Å². The fraction of sp³-hybridized carbons (Fsp3) is 0.0704. The highest BCUT2D eigenvalue weighted by atomic mass is 16.3. The van der Waals surface area contributed by atoms with Gasteiger partial charge >= 0.3 is 0 Å². The van der Waals surface area contributed by atoms with Crippen LogP contribution in [0.2, 0.25) is 0 Å². The summed E-state index contributed by atoms with van der Waals surface area (Å²) in [6.07, 6.45) is 21.6. The fourth-order valence-electron chi connectivity index (χ4n) is 11.3. The second-order valence-electron chi connectivity index (χ2n) is 19.5. The van der Waals surface area contributed by atoms with Crippen molar-refractivity contribution in [1.29, 1.82) is 0 Å². The summed E-state index contributed by atoms with van der Waals surface area (Å²) in [6.45, 7) is 9.72. The van der Waals surface area contributed by atoms with Crippen LogP contribution in [0.5, 0.6) is 0 Å². The third-order valence-electron chi connectivity index (χ3n) is 15.0. The average Bonchev–Trinajstić information content (AvgIpc) is 4.16. The van der Waals surface area contributed by atoms with Crippen molar-refractivity contribution in [3.8, 4) is 5.69 Å². The number of nitrogens with zero attached hydrogens (tertiary/aromatic N) is 4. The molecule has 10 aromatic carbocycles. The van der Waals surface area contributed by atoms with E-state index in [-0.39, 0.29) is 0 Å². The summed E-state index contributed by atoms with van der Waals surface area (Å²) < 4.78 is 9.77. The van der Waals surface area contributed by atoms with Crippen LogP contribution in [-0.4, -0.2) is 22.7 Å². The number of allylic oxidation sites excluding steroid dienone is 9. The molecule has 1 aliphatic heterocycles. The van der Waals surface area contributed by atoms with Crippen LogP contribution in [0.25, 0.3) is 98.1 Å². The van der Waals surface area contributed by atoms with Crippen LogP contribution in [0, 0.1) is 0 Å². The van der Waals surface area contributed by atoms with Crippen molar-refractivity contribution in [1.82, 2.24) is 4.57 Å². The molecule has 2 aromatic heterocycles. The van der Waals surface area contributed by atoms with E-state index >= 15 is 0 Å². The maximum absolute atomic E-state index is 7.31. The van der Waals surface area contributed by atoms with Gasteiger partial charge in [-0.15, -0.1) is 0 Å². The van der Waals surface area contributed by atoms with E-state index in [9.17, 15) is 0 Å². The molecule has 0 aliphatic carbocycles. The van der Waals surface area contributed by atoms with Crippen LogP contribution in [0.15, 0.2) is 264 Å². The van der Waals surface area contributed by atoms with E-state index < -0.39 is 0 Å². The van der Waals surface area contributed by atoms with Gasteiger partial charge in [0, 0.05) is 63.1 Å². The lowest BCUT2D eigenvalue weighted by Crippen LogP contribution is -2.18. The number of amidine groups is 1. The second kappa shape index (κ2) is 19.7. The van der Waals surface area contributed by atoms with E-state index in [1.165, 1.54) is 43.1 Å². The predicted molar refractivity (Wildman–Crippen MR) is 326 cm³/mol. The SMILES string of the molecule is C=C1/C=C\C=C/N(C/C=C\C=C/C)c2cc(C(=NCc3cccc4ccccc34)N=C(C/C=C/C)c3ccc4c(oc5ccc6ccccc6c54)c3-n3c4cc5ccccc5cc4c4c5ccccc5ccc43)ccc21. The molecule has 1 aliphatic rings. The lowest BCUT2D eigenvalue weighted by molar-refractivity contribution is 0.666. The number of fused-ring (bicyclic) bond motifs is 13. The first-order valence-electron chi connectivity index (χ1n) is 26.2. The third-order valence-corrected chi connectivity index (χ3v) is 15.0. The van der Waals surface area contributed by atoms with Crippen molar-refractivity contribution in [2.24, 2.45) is 9.98 Å². The smallest absolute Gasteiger partial charge is 0.160 e. The van der Waals surface area contributed by atoms with Crippen LogP contribution in [0.3, 0.4) is 0 Å². The molecule has 76 heavy (non-hydrogen) atoms. The van der Waals surface area contributed by atoms with Crippen LogP contribution < -0.4 is 4.90 Å². The zero-order valence-electron chi connectivity index (χ0n) is 42.6. The van der Waals surface area contributed by atoms with Crippen LogP contribution in [0.1, 0.15) is 42.5 Å². The molecule has 0 fully saturated rings. The molecule has 5 nitrogen and oxygen atoms in total. The van der Waals surface area contributed by atoms with Gasteiger partial charge in [0.2, 0.25) is 0 Å². The third kappa shape index (κ3) is 8.14. The fourth-order valence-corrected chi connectivity index (χ4v) is 11.3. The molecule has 0 spiro atoms. The van der Waals surface area contributed by atoms with Gasteiger partial charge in [-0.1, -0.05) is 201 Å². The number of furan rings is 1. The average molecular weight is 979 g/mol. The summed E-state index contributed by atoms with van der Waals surface area (Å²) in [5, 5.41) is 13.9. The Morgan fingerprint density at radius 3 is 2.08 bits per heavy atom. The standard InChI is InChI=1S/C71H54N4O/c1-4-6-8-18-41-74-42-19-17-21-47(3)55-36-33-53(45-64(55)74)71(72-46-54-28-20-27-48-22-11-14-29-56(48)54)73-62(32-7-5-2)59-37-38-60-68-58-31-16-13-24-50(58)35-40-66(68)76-70(60)69(59)75-63-39-34-49-23-12-15-30-57(49)67(63)61-43-51-25-9-10-26-52(51)44-65(61)75/h4-31,33-40,42-45H,3,32,41,46H2,1-2H3/b6-4-,7-5+,18-8-,21-17-,42-19-,72-71?,73-62?. The predicted octanol–water partition coefficient (Wildman–Crippen LogP) is 18.7. The lowest BCUT2D eigenvalue weighted by Gasteiger charge is -2.24. The minimum absolute atomic E-state index is 0.425. The Bertz CT molecular complexity index is 4540. The molecule has 0 amide bonds. The summed E-state index contributed by atoms with van der Waals surface area (Å²) in [6, 6.07) is 65.7. The van der Waals surface area contributed by atoms with Crippen molar-refractivity contribution in [3.63, 3.8) is 0 Å². The number of anilines is 1. The van der Waals surface area contributed by atoms with Crippen molar-refractivity contribution < 1.29 is 4.42 Å². The molecule has 3 heterocycles. The minimum Gasteiger partial charge on any atom is -0.454 e. The van der Waals surface area contributed by atoms with Gasteiger partial charge in [-0.25, -0.2) is 4.99 Å². The van der Waals surface area contributed by atoms with E-state index in [2.05, 4.69) is 260 Å². The van der Waals surface area contributed by atoms with Crippen molar-refractivity contribution >= 4 is 110 Å². The summed E-state index contributed by atoms with van der Waals surface area (Å²) in [7, 11) is 0. The van der Waals surface area contributed by atoms with E-state index in [1.807, 2.05) is 13.0 Å². The van der Waals surface area contributed by atoms with Crippen molar-refractivity contribution in [3.05, 3.63) is 272 Å². The molecule has 0 N–H and O–H groups in total. The molecule has 0 bridgehead atoms. The molecule has 0 saturated heterocycles. The minimum atomic E-state index is 0.425. The van der Waals surface area contributed by atoms with Gasteiger partial charge < -0.3 is 13.9 Å². The zero-order chi connectivity index (χ0) is 51.1. The van der Waals surface area contributed by atoms with Gasteiger partial charge in [0.1, 0.15) is 5.58 Å². The van der Waals surface area contributed by atoms with Gasteiger partial charge in [0.25, 0.3) is 0 Å². The first kappa shape index (κ1) is 46.2. The normalized spacial score (nSPS) is 14.6. The quantitative estimate of drug-likeness (QED) is 0.0593. The number of rotatable bonds is 10. The Kier molecular flexibility index (Phi) is 12.0. The van der Waals surface area contributed by atoms with E-state index in [4.69, 9.17) is 14.4 Å². The highest BCUT2D eigenvalue weighted by molar-refractivity contribution is 6.27. The molecular weight excluding hydrogens is 925 g/mol. The molecule has 12 aromatic rings. The molecule has 13 rings (SSSR count). The van der Waals surface area contributed by atoms with E-state index in [0.29, 0.717) is 25.3 Å². The van der Waals surface area contributed by atoms with Gasteiger partial charge in [-0.05, 0) is 111 Å². The first-order valence-corrected chi connectivity index (χ1v) is 26.2. The lowest BCUT2D eigenvalue weighted by atomic mass is 9.98. The highest BCUT2D eigenvalue weighted by Gasteiger charge is 2.26. The zero-order valence-corrected chi connectivity index (χ0v) is 42.6. The van der Waals surface area contributed by atoms with Crippen molar-refractivity contribution in [2.75, 3.05) is 11.4 Å². The molecule has 5 heteroatoms. The summed E-state index contributed by atoms with van der Waals surface area (Å²) in [5.41, 5.74) is 11.6. The molecule has 0 atom stereocenters. The molecule has 0 unspecified atom stereocenters. The first-order chi connectivity index (χ1) is 37.5. The van der Waals surface area contributed by atoms with Crippen LogP contribution >= 0.6 is 0 Å². The van der Waals surface area contributed by atoms with Crippen LogP contribution in [-0.2, 0) is 6.54 Å². The molecule has 0 radical (unpaired) electrons. The Hall–Kier alpha value is -9.58. The number of benzene rings is 10. The van der Waals surface area contributed by atoms with Gasteiger partial charge in [-0.3, -0.25) is 4.99 Å². The Morgan fingerprint density at radius 2 is 1.29 bits per heavy atom. The van der Waals surface area contributed by atoms with Gasteiger partial charge in [-0.2, -0.15) is 0 Å². The van der Waals surface area contributed by atoms with Crippen molar-refractivity contribution in [2.45, 2.75) is 26.8 Å². The highest BCUT2D eigenvalue weighted by Crippen LogP contribution is 2.45. The summed E-state index contributed by atoms with van der Waals surface area (Å²) >= 11 is 0. The second-order valence-corrected chi connectivity index (χ2v) is 19.5. The maximum Gasteiger partial charge on any atom is 0.160 e. The van der Waals surface area contributed by atoms with Gasteiger partial charge in [0.15, 0.2) is 11.4 Å². The Morgan fingerprint density at radius 1 is 0.579 bits per heavy atom. The summed E-state index contributed by atoms with van der Waals surface area (Å²) in [4.78, 5) is 13.7. The maximum atomic E-state index is 7.31. The molecule has 364 valence electrons. The Balaban J connectivity index is 1.12. The molecule has 0 saturated carbocycles. The largest absolute Gasteiger partial charge is 0.454 e.